The molecule has 1 rings (SSSR count). The Morgan fingerprint density at radius 1 is 1.33 bits per heavy atom. The van der Waals surface area contributed by atoms with Crippen molar-refractivity contribution in [2.75, 3.05) is 0 Å². The zero-order chi connectivity index (χ0) is 11.5. The summed E-state index contributed by atoms with van der Waals surface area (Å²) in [6.07, 6.45) is 2.74. The van der Waals surface area contributed by atoms with E-state index in [9.17, 15) is 0 Å². The van der Waals surface area contributed by atoms with Crippen LogP contribution in [-0.2, 0) is 12.8 Å². The van der Waals surface area contributed by atoms with Crippen LogP contribution in [0.5, 0.6) is 0 Å². The normalized spacial score (nSPS) is 11.8. The first kappa shape index (κ1) is 12.1. The second-order valence-corrected chi connectivity index (χ2v) is 4.76. The predicted octanol–water partition coefficient (Wildman–Crippen LogP) is 2.02. The highest BCUT2D eigenvalue weighted by Gasteiger charge is 2.11. The topological polar surface area (TPSA) is 51.8 Å². The number of rotatable bonds is 4. The van der Waals surface area contributed by atoms with Gasteiger partial charge in [-0.15, -0.1) is 0 Å². The summed E-state index contributed by atoms with van der Waals surface area (Å²) in [5.74, 6) is 0.922. The van der Waals surface area contributed by atoms with E-state index in [1.54, 1.807) is 0 Å². The molecule has 3 nitrogen and oxygen atoms in total. The molecular formula is C12H21N3. The van der Waals surface area contributed by atoms with Gasteiger partial charge in [0.15, 0.2) is 0 Å². The van der Waals surface area contributed by atoms with E-state index < -0.39 is 0 Å². The molecule has 0 aliphatic rings. The molecule has 0 saturated carbocycles. The fraction of sp³-hybridized carbons (Fsp3) is 0.667. The van der Waals surface area contributed by atoms with Gasteiger partial charge in [0, 0.05) is 23.3 Å². The fourth-order valence-corrected chi connectivity index (χ4v) is 1.43. The number of hydrogen-bond donors (Lipinski definition) is 1. The van der Waals surface area contributed by atoms with Gasteiger partial charge in [-0.25, -0.2) is 9.97 Å². The van der Waals surface area contributed by atoms with Crippen molar-refractivity contribution in [3.63, 3.8) is 0 Å². The van der Waals surface area contributed by atoms with E-state index in [4.69, 9.17) is 5.73 Å². The van der Waals surface area contributed by atoms with Gasteiger partial charge < -0.3 is 5.73 Å². The average Bonchev–Trinajstić information content (AvgIpc) is 2.13. The Kier molecular flexibility index (Phi) is 3.80. The van der Waals surface area contributed by atoms with Gasteiger partial charge in [-0.3, -0.25) is 0 Å². The number of hydrogen-bond acceptors (Lipinski definition) is 3. The van der Waals surface area contributed by atoms with Gasteiger partial charge in [-0.05, 0) is 39.7 Å². The quantitative estimate of drug-likeness (QED) is 0.821. The molecule has 1 aromatic heterocycles. The second-order valence-electron chi connectivity index (χ2n) is 4.76. The van der Waals surface area contributed by atoms with Gasteiger partial charge in [0.2, 0.25) is 0 Å². The smallest absolute Gasteiger partial charge is 0.128 e. The Hall–Kier alpha value is -0.960. The third-order valence-corrected chi connectivity index (χ3v) is 2.31. The summed E-state index contributed by atoms with van der Waals surface area (Å²) >= 11 is 0. The molecule has 3 heteroatoms. The van der Waals surface area contributed by atoms with Gasteiger partial charge in [0.05, 0.1) is 0 Å². The lowest BCUT2D eigenvalue weighted by Gasteiger charge is -2.17. The van der Waals surface area contributed by atoms with Crippen molar-refractivity contribution in [2.45, 2.75) is 52.5 Å². The van der Waals surface area contributed by atoms with Crippen LogP contribution in [0.25, 0.3) is 0 Å². The van der Waals surface area contributed by atoms with Crippen LogP contribution in [0.4, 0.5) is 0 Å². The molecule has 0 fully saturated rings. The van der Waals surface area contributed by atoms with Crippen LogP contribution in [0, 0.1) is 6.92 Å². The van der Waals surface area contributed by atoms with E-state index in [1.807, 2.05) is 26.8 Å². The molecule has 1 aromatic rings. The summed E-state index contributed by atoms with van der Waals surface area (Å²) in [6.45, 7) is 8.18. The number of nitrogens with two attached hydrogens (primary N) is 1. The molecule has 0 aliphatic carbocycles. The average molecular weight is 207 g/mol. The number of nitrogens with zero attached hydrogens (tertiary/aromatic N) is 2. The van der Waals surface area contributed by atoms with Crippen molar-refractivity contribution in [3.8, 4) is 0 Å². The molecular weight excluding hydrogens is 186 g/mol. The van der Waals surface area contributed by atoms with E-state index in [-0.39, 0.29) is 5.54 Å². The maximum Gasteiger partial charge on any atom is 0.128 e. The summed E-state index contributed by atoms with van der Waals surface area (Å²) in [5.41, 5.74) is 7.96. The summed E-state index contributed by atoms with van der Waals surface area (Å²) < 4.78 is 0. The molecule has 0 spiro atoms. The van der Waals surface area contributed by atoms with E-state index in [1.165, 1.54) is 0 Å². The standard InChI is InChI=1S/C12H21N3/c1-5-10-8-9(2)14-11(15-10)6-7-12(3,4)13/h8H,5-7,13H2,1-4H3. The van der Waals surface area contributed by atoms with Crippen molar-refractivity contribution < 1.29 is 0 Å². The summed E-state index contributed by atoms with van der Waals surface area (Å²) in [6, 6.07) is 2.04. The first-order valence-corrected chi connectivity index (χ1v) is 5.53. The van der Waals surface area contributed by atoms with Crippen LogP contribution in [0.3, 0.4) is 0 Å². The predicted molar refractivity (Wildman–Crippen MR) is 62.7 cm³/mol. The van der Waals surface area contributed by atoms with Crippen LogP contribution in [0.15, 0.2) is 6.07 Å². The Balaban J connectivity index is 2.73. The summed E-state index contributed by atoms with van der Waals surface area (Å²) in [5, 5.41) is 0. The maximum absolute atomic E-state index is 5.94. The van der Waals surface area contributed by atoms with E-state index in [2.05, 4.69) is 16.9 Å². The van der Waals surface area contributed by atoms with Crippen LogP contribution in [0.2, 0.25) is 0 Å². The minimum atomic E-state index is -0.139. The number of aryl methyl sites for hydroxylation is 3. The lowest BCUT2D eigenvalue weighted by atomic mass is 10.00. The van der Waals surface area contributed by atoms with Crippen molar-refractivity contribution in [3.05, 3.63) is 23.3 Å². The van der Waals surface area contributed by atoms with Gasteiger partial charge in [-0.2, -0.15) is 0 Å². The molecule has 0 aliphatic heterocycles. The van der Waals surface area contributed by atoms with E-state index in [0.717, 1.165) is 36.5 Å². The van der Waals surface area contributed by atoms with Gasteiger partial charge in [0.25, 0.3) is 0 Å². The third-order valence-electron chi connectivity index (χ3n) is 2.31. The molecule has 84 valence electrons. The molecule has 1 heterocycles. The molecule has 0 amide bonds. The van der Waals surface area contributed by atoms with Gasteiger partial charge >= 0.3 is 0 Å². The highest BCUT2D eigenvalue weighted by molar-refractivity contribution is 5.10. The maximum atomic E-state index is 5.94. The minimum absolute atomic E-state index is 0.139. The second kappa shape index (κ2) is 4.71. The van der Waals surface area contributed by atoms with E-state index in [0.29, 0.717) is 0 Å². The minimum Gasteiger partial charge on any atom is -0.326 e. The molecule has 0 radical (unpaired) electrons. The van der Waals surface area contributed by atoms with Crippen LogP contribution in [-0.4, -0.2) is 15.5 Å². The largest absolute Gasteiger partial charge is 0.326 e. The van der Waals surface area contributed by atoms with Gasteiger partial charge in [0.1, 0.15) is 5.82 Å². The molecule has 0 atom stereocenters. The van der Waals surface area contributed by atoms with Crippen molar-refractivity contribution >= 4 is 0 Å². The molecule has 0 unspecified atom stereocenters. The molecule has 0 aromatic carbocycles. The Bertz CT molecular complexity index is 326. The first-order chi connectivity index (χ1) is 6.90. The molecule has 2 N–H and O–H groups in total. The Morgan fingerprint density at radius 3 is 2.53 bits per heavy atom. The van der Waals surface area contributed by atoms with Gasteiger partial charge in [-0.1, -0.05) is 6.92 Å². The Labute approximate surface area is 92.1 Å². The third kappa shape index (κ3) is 4.38. The zero-order valence-corrected chi connectivity index (χ0v) is 10.2. The molecule has 15 heavy (non-hydrogen) atoms. The molecule has 0 bridgehead atoms. The van der Waals surface area contributed by atoms with Crippen LogP contribution in [0.1, 0.15) is 44.4 Å². The van der Waals surface area contributed by atoms with Crippen LogP contribution >= 0.6 is 0 Å². The lowest BCUT2D eigenvalue weighted by molar-refractivity contribution is 0.470. The van der Waals surface area contributed by atoms with Crippen LogP contribution < -0.4 is 5.73 Å². The highest BCUT2D eigenvalue weighted by Crippen LogP contribution is 2.09. The number of aromatic nitrogens is 2. The Morgan fingerprint density at radius 2 is 2.00 bits per heavy atom. The highest BCUT2D eigenvalue weighted by atomic mass is 14.9. The monoisotopic (exact) mass is 207 g/mol. The molecule has 0 saturated heterocycles. The fourth-order valence-electron chi connectivity index (χ4n) is 1.43. The lowest BCUT2D eigenvalue weighted by Crippen LogP contribution is -2.32. The van der Waals surface area contributed by atoms with E-state index >= 15 is 0 Å². The van der Waals surface area contributed by atoms with Crippen molar-refractivity contribution in [2.24, 2.45) is 5.73 Å². The SMILES string of the molecule is CCc1cc(C)nc(CCC(C)(C)N)n1. The van der Waals surface area contributed by atoms with Crippen molar-refractivity contribution in [1.29, 1.82) is 0 Å². The van der Waals surface area contributed by atoms with Crippen molar-refractivity contribution in [1.82, 2.24) is 9.97 Å². The summed E-state index contributed by atoms with van der Waals surface area (Å²) in [7, 11) is 0. The first-order valence-electron chi connectivity index (χ1n) is 5.53. The zero-order valence-electron chi connectivity index (χ0n) is 10.2. The summed E-state index contributed by atoms with van der Waals surface area (Å²) in [4.78, 5) is 8.91.